The molecule has 0 aromatic heterocycles. The van der Waals surface area contributed by atoms with E-state index < -0.39 is 17.8 Å². The van der Waals surface area contributed by atoms with Crippen molar-refractivity contribution in [2.75, 3.05) is 19.7 Å². The van der Waals surface area contributed by atoms with Crippen LogP contribution >= 0.6 is 12.4 Å². The highest BCUT2D eigenvalue weighted by atomic mass is 35.5. The Kier molecular flexibility index (Phi) is 7.31. The van der Waals surface area contributed by atoms with Crippen LogP contribution in [0.5, 0.6) is 0 Å². The summed E-state index contributed by atoms with van der Waals surface area (Å²) in [4.78, 5) is 11.9. The average Bonchev–Trinajstić information content (AvgIpc) is 2.47. The van der Waals surface area contributed by atoms with Crippen molar-refractivity contribution < 1.29 is 22.7 Å². The fourth-order valence-corrected chi connectivity index (χ4v) is 2.33. The Morgan fingerprint density at radius 3 is 2.83 bits per heavy atom. The molecule has 0 bridgehead atoms. The summed E-state index contributed by atoms with van der Waals surface area (Å²) in [6.07, 6.45) is -4.39. The maximum absolute atomic E-state index is 12.7. The van der Waals surface area contributed by atoms with E-state index in [-0.39, 0.29) is 30.8 Å². The minimum absolute atomic E-state index is 0. The topological polar surface area (TPSA) is 50.4 Å². The van der Waals surface area contributed by atoms with Gasteiger partial charge in [0.1, 0.15) is 0 Å². The molecular formula is C15H20ClF3N2O2. The van der Waals surface area contributed by atoms with Gasteiger partial charge in [-0.25, -0.2) is 0 Å². The summed E-state index contributed by atoms with van der Waals surface area (Å²) >= 11 is 0. The highest BCUT2D eigenvalue weighted by molar-refractivity contribution is 5.85. The zero-order valence-electron chi connectivity index (χ0n) is 12.7. The number of carbonyl (C=O) groups excluding carboxylic acids is 1. The van der Waals surface area contributed by atoms with Gasteiger partial charge in [0, 0.05) is 13.1 Å². The highest BCUT2D eigenvalue weighted by Crippen LogP contribution is 2.30. The number of hydrogen-bond donors (Lipinski definition) is 2. The Hall–Kier alpha value is -1.31. The maximum atomic E-state index is 12.7. The van der Waals surface area contributed by atoms with Crippen LogP contribution in [0.3, 0.4) is 0 Å². The van der Waals surface area contributed by atoms with Crippen LogP contribution in [0.15, 0.2) is 24.3 Å². The number of halogens is 4. The fourth-order valence-electron chi connectivity index (χ4n) is 2.33. The summed E-state index contributed by atoms with van der Waals surface area (Å²) in [5.74, 6) is -0.237. The lowest BCUT2D eigenvalue weighted by Gasteiger charge is -2.24. The van der Waals surface area contributed by atoms with Crippen LogP contribution in [0.25, 0.3) is 0 Å². The van der Waals surface area contributed by atoms with Crippen molar-refractivity contribution in [1.82, 2.24) is 10.6 Å². The number of hydrogen-bond acceptors (Lipinski definition) is 3. The zero-order valence-corrected chi connectivity index (χ0v) is 13.5. The second kappa shape index (κ2) is 8.52. The Morgan fingerprint density at radius 1 is 1.48 bits per heavy atom. The van der Waals surface area contributed by atoms with Crippen LogP contribution in [0, 0.1) is 0 Å². The molecule has 0 spiro atoms. The van der Waals surface area contributed by atoms with Crippen LogP contribution in [-0.4, -0.2) is 31.7 Å². The number of benzene rings is 1. The van der Waals surface area contributed by atoms with Crippen LogP contribution < -0.4 is 10.6 Å². The van der Waals surface area contributed by atoms with E-state index in [9.17, 15) is 18.0 Å². The molecule has 1 aliphatic rings. The number of alkyl halides is 3. The zero-order chi connectivity index (χ0) is 16.2. The molecule has 1 heterocycles. The summed E-state index contributed by atoms with van der Waals surface area (Å²) < 4.78 is 43.5. The van der Waals surface area contributed by atoms with E-state index in [1.54, 1.807) is 13.0 Å². The number of morpholine rings is 1. The van der Waals surface area contributed by atoms with E-state index in [1.165, 1.54) is 6.07 Å². The lowest BCUT2D eigenvalue weighted by molar-refractivity contribution is -0.137. The van der Waals surface area contributed by atoms with Crippen LogP contribution in [-0.2, 0) is 15.7 Å². The molecule has 0 radical (unpaired) electrons. The summed E-state index contributed by atoms with van der Waals surface area (Å²) in [7, 11) is 0. The molecular weight excluding hydrogens is 333 g/mol. The average molecular weight is 353 g/mol. The van der Waals surface area contributed by atoms with Crippen molar-refractivity contribution in [3.63, 3.8) is 0 Å². The van der Waals surface area contributed by atoms with Crippen molar-refractivity contribution in [3.8, 4) is 0 Å². The third-order valence-corrected chi connectivity index (χ3v) is 3.51. The van der Waals surface area contributed by atoms with Gasteiger partial charge in [-0.3, -0.25) is 4.79 Å². The maximum Gasteiger partial charge on any atom is 0.416 e. The standard InChI is InChI=1S/C15H19F3N2O2.ClH/c1-10(11-3-2-4-12(7-11)15(16,17)18)20-14(21)8-13-9-19-5-6-22-13;/h2-4,7,10,13,19H,5-6,8-9H2,1H3,(H,20,21);1H. The van der Waals surface area contributed by atoms with Crippen molar-refractivity contribution in [3.05, 3.63) is 35.4 Å². The van der Waals surface area contributed by atoms with Gasteiger partial charge < -0.3 is 15.4 Å². The lowest BCUT2D eigenvalue weighted by Crippen LogP contribution is -2.41. The number of ether oxygens (including phenoxy) is 1. The number of amides is 1. The monoisotopic (exact) mass is 352 g/mol. The number of nitrogens with one attached hydrogen (secondary N) is 2. The molecule has 0 aliphatic carbocycles. The summed E-state index contributed by atoms with van der Waals surface area (Å²) in [5, 5.41) is 5.83. The molecule has 2 rings (SSSR count). The van der Waals surface area contributed by atoms with E-state index >= 15 is 0 Å². The van der Waals surface area contributed by atoms with E-state index in [1.807, 2.05) is 0 Å². The molecule has 2 N–H and O–H groups in total. The van der Waals surface area contributed by atoms with Crippen molar-refractivity contribution in [2.45, 2.75) is 31.7 Å². The molecule has 1 fully saturated rings. The van der Waals surface area contributed by atoms with Crippen LogP contribution in [0.2, 0.25) is 0 Å². The van der Waals surface area contributed by atoms with Gasteiger partial charge in [0.25, 0.3) is 0 Å². The number of carbonyl (C=O) groups is 1. The molecule has 2 unspecified atom stereocenters. The minimum Gasteiger partial charge on any atom is -0.375 e. The molecule has 1 aromatic carbocycles. The Balaban J connectivity index is 0.00000264. The van der Waals surface area contributed by atoms with E-state index in [4.69, 9.17) is 4.74 Å². The highest BCUT2D eigenvalue weighted by Gasteiger charge is 2.30. The van der Waals surface area contributed by atoms with Gasteiger partial charge in [-0.2, -0.15) is 13.2 Å². The van der Waals surface area contributed by atoms with Gasteiger partial charge >= 0.3 is 6.18 Å². The van der Waals surface area contributed by atoms with Gasteiger partial charge in [-0.05, 0) is 24.6 Å². The molecule has 1 saturated heterocycles. The normalized spacial score (nSPS) is 19.6. The third-order valence-electron chi connectivity index (χ3n) is 3.51. The van der Waals surface area contributed by atoms with E-state index in [0.717, 1.165) is 18.7 Å². The first-order chi connectivity index (χ1) is 10.4. The van der Waals surface area contributed by atoms with Crippen molar-refractivity contribution >= 4 is 18.3 Å². The molecule has 1 aliphatic heterocycles. The lowest BCUT2D eigenvalue weighted by atomic mass is 10.0. The van der Waals surface area contributed by atoms with Gasteiger partial charge in [-0.1, -0.05) is 12.1 Å². The Labute approximate surface area is 139 Å². The molecule has 1 amide bonds. The summed E-state index contributed by atoms with van der Waals surface area (Å²) in [6.45, 7) is 3.58. The number of rotatable bonds is 4. The van der Waals surface area contributed by atoms with Gasteiger partial charge in [0.2, 0.25) is 5.91 Å². The molecule has 130 valence electrons. The quantitative estimate of drug-likeness (QED) is 0.876. The van der Waals surface area contributed by atoms with Crippen molar-refractivity contribution in [2.24, 2.45) is 0 Å². The van der Waals surface area contributed by atoms with Crippen LogP contribution in [0.1, 0.15) is 30.5 Å². The van der Waals surface area contributed by atoms with Gasteiger partial charge in [0.05, 0.1) is 30.7 Å². The Bertz CT molecular complexity index is 520. The first-order valence-corrected chi connectivity index (χ1v) is 7.15. The predicted octanol–water partition coefficient (Wildman–Crippen LogP) is 2.68. The second-order valence-corrected chi connectivity index (χ2v) is 5.31. The third kappa shape index (κ3) is 6.01. The molecule has 0 saturated carbocycles. The first-order valence-electron chi connectivity index (χ1n) is 7.15. The largest absolute Gasteiger partial charge is 0.416 e. The molecule has 2 atom stereocenters. The molecule has 8 heteroatoms. The fraction of sp³-hybridized carbons (Fsp3) is 0.533. The van der Waals surface area contributed by atoms with Gasteiger partial charge in [0.15, 0.2) is 0 Å². The summed E-state index contributed by atoms with van der Waals surface area (Å²) in [5.41, 5.74) is -0.295. The first kappa shape index (κ1) is 19.7. The Morgan fingerprint density at radius 2 is 2.22 bits per heavy atom. The van der Waals surface area contributed by atoms with Gasteiger partial charge in [-0.15, -0.1) is 12.4 Å². The smallest absolute Gasteiger partial charge is 0.375 e. The summed E-state index contributed by atoms with van der Waals surface area (Å²) in [6, 6.07) is 4.49. The van der Waals surface area contributed by atoms with Crippen molar-refractivity contribution in [1.29, 1.82) is 0 Å². The molecule has 23 heavy (non-hydrogen) atoms. The SMILES string of the molecule is CC(NC(=O)CC1CNCCO1)c1cccc(C(F)(F)F)c1.Cl. The van der Waals surface area contributed by atoms with Crippen LogP contribution in [0.4, 0.5) is 13.2 Å². The predicted molar refractivity (Wildman–Crippen MR) is 82.5 cm³/mol. The van der Waals surface area contributed by atoms with E-state index in [0.29, 0.717) is 18.7 Å². The minimum atomic E-state index is -4.39. The second-order valence-electron chi connectivity index (χ2n) is 5.31. The molecule has 4 nitrogen and oxygen atoms in total. The molecule has 1 aromatic rings. The van der Waals surface area contributed by atoms with E-state index in [2.05, 4.69) is 10.6 Å².